The largest absolute Gasteiger partial charge is 0.348 e. The molecule has 0 aliphatic carbocycles. The van der Waals surface area contributed by atoms with Gasteiger partial charge in [-0.3, -0.25) is 0 Å². The molecule has 1 aromatic heterocycles. The van der Waals surface area contributed by atoms with Crippen LogP contribution < -0.4 is 5.32 Å². The molecule has 0 saturated heterocycles. The summed E-state index contributed by atoms with van der Waals surface area (Å²) < 4.78 is 14.3. The van der Waals surface area contributed by atoms with Crippen LogP contribution in [-0.2, 0) is 0 Å². The Morgan fingerprint density at radius 2 is 1.88 bits per heavy atom. The van der Waals surface area contributed by atoms with Crippen LogP contribution in [0.25, 0.3) is 0 Å². The molecule has 1 heterocycles. The first-order valence-corrected chi connectivity index (χ1v) is 5.94. The van der Waals surface area contributed by atoms with Crippen LogP contribution in [0, 0.1) is 5.82 Å². The number of nitrogens with one attached hydrogen (secondary N) is 1. The van der Waals surface area contributed by atoms with Gasteiger partial charge in [0.05, 0.1) is 10.5 Å². The van der Waals surface area contributed by atoms with Crippen molar-refractivity contribution >= 4 is 21.9 Å². The fourth-order valence-corrected chi connectivity index (χ4v) is 1.69. The molecular formula is C12H11BrFN3. The molecule has 0 radical (unpaired) electrons. The monoisotopic (exact) mass is 295 g/mol. The number of anilines is 1. The van der Waals surface area contributed by atoms with Gasteiger partial charge in [0.15, 0.2) is 0 Å². The number of hydrogen-bond acceptors (Lipinski definition) is 3. The van der Waals surface area contributed by atoms with Crippen LogP contribution in [0.2, 0.25) is 0 Å². The standard InChI is InChI=1S/C12H11BrFN3/c1-8(10-4-2-3-5-11(10)14)17-12-15-6-9(13)7-16-12/h2-8H,1H3,(H,15,16,17). The Morgan fingerprint density at radius 1 is 1.24 bits per heavy atom. The van der Waals surface area contributed by atoms with E-state index in [-0.39, 0.29) is 11.9 Å². The van der Waals surface area contributed by atoms with E-state index in [1.54, 1.807) is 30.6 Å². The Hall–Kier alpha value is -1.49. The van der Waals surface area contributed by atoms with Crippen molar-refractivity contribution in [3.8, 4) is 0 Å². The molecule has 1 atom stereocenters. The Morgan fingerprint density at radius 3 is 2.53 bits per heavy atom. The lowest BCUT2D eigenvalue weighted by Gasteiger charge is -2.14. The van der Waals surface area contributed by atoms with E-state index >= 15 is 0 Å². The number of rotatable bonds is 3. The lowest BCUT2D eigenvalue weighted by Crippen LogP contribution is -2.10. The van der Waals surface area contributed by atoms with Crippen molar-refractivity contribution in [3.05, 3.63) is 52.5 Å². The molecule has 0 aliphatic rings. The van der Waals surface area contributed by atoms with Gasteiger partial charge in [0.25, 0.3) is 0 Å². The van der Waals surface area contributed by atoms with Crippen LogP contribution in [0.15, 0.2) is 41.1 Å². The molecule has 0 aliphatic heterocycles. The molecule has 0 bridgehead atoms. The third-order valence-corrected chi connectivity index (χ3v) is 2.75. The maximum Gasteiger partial charge on any atom is 0.223 e. The molecule has 5 heteroatoms. The third kappa shape index (κ3) is 3.00. The Kier molecular flexibility index (Phi) is 3.68. The van der Waals surface area contributed by atoms with E-state index in [1.807, 2.05) is 6.92 Å². The van der Waals surface area contributed by atoms with Crippen LogP contribution in [0.1, 0.15) is 18.5 Å². The first-order chi connectivity index (χ1) is 8.16. The van der Waals surface area contributed by atoms with E-state index in [4.69, 9.17) is 0 Å². The van der Waals surface area contributed by atoms with Crippen LogP contribution in [-0.4, -0.2) is 9.97 Å². The summed E-state index contributed by atoms with van der Waals surface area (Å²) in [4.78, 5) is 8.16. The highest BCUT2D eigenvalue weighted by atomic mass is 79.9. The number of hydrogen-bond donors (Lipinski definition) is 1. The van der Waals surface area contributed by atoms with Crippen molar-refractivity contribution < 1.29 is 4.39 Å². The molecule has 2 aromatic rings. The predicted molar refractivity (Wildman–Crippen MR) is 68.2 cm³/mol. The average molecular weight is 296 g/mol. The van der Waals surface area contributed by atoms with E-state index in [0.29, 0.717) is 11.5 Å². The zero-order chi connectivity index (χ0) is 12.3. The van der Waals surface area contributed by atoms with Crippen LogP contribution in [0.3, 0.4) is 0 Å². The fraction of sp³-hybridized carbons (Fsp3) is 0.167. The normalized spacial score (nSPS) is 12.2. The summed E-state index contributed by atoms with van der Waals surface area (Å²) in [6.45, 7) is 1.86. The lowest BCUT2D eigenvalue weighted by atomic mass is 10.1. The van der Waals surface area contributed by atoms with Crippen molar-refractivity contribution in [1.29, 1.82) is 0 Å². The fourth-order valence-electron chi connectivity index (χ4n) is 1.48. The van der Waals surface area contributed by atoms with Gasteiger partial charge in [0.1, 0.15) is 5.82 Å². The summed E-state index contributed by atoms with van der Waals surface area (Å²) in [5, 5.41) is 3.04. The maximum absolute atomic E-state index is 13.5. The summed E-state index contributed by atoms with van der Waals surface area (Å²) in [7, 11) is 0. The Bertz CT molecular complexity index is 501. The molecule has 2 rings (SSSR count). The van der Waals surface area contributed by atoms with Gasteiger partial charge in [-0.1, -0.05) is 18.2 Å². The highest BCUT2D eigenvalue weighted by Crippen LogP contribution is 2.19. The Labute approximate surface area is 107 Å². The van der Waals surface area contributed by atoms with Gasteiger partial charge in [-0.25, -0.2) is 14.4 Å². The zero-order valence-corrected chi connectivity index (χ0v) is 10.8. The molecular weight excluding hydrogens is 285 g/mol. The summed E-state index contributed by atoms with van der Waals surface area (Å²) in [5.41, 5.74) is 0.596. The van der Waals surface area contributed by atoms with Crippen LogP contribution in [0.4, 0.5) is 10.3 Å². The molecule has 0 amide bonds. The minimum Gasteiger partial charge on any atom is -0.348 e. The summed E-state index contributed by atoms with van der Waals surface area (Å²) >= 11 is 3.26. The van der Waals surface area contributed by atoms with Crippen molar-refractivity contribution in [3.63, 3.8) is 0 Å². The summed E-state index contributed by atoms with van der Waals surface area (Å²) in [6, 6.07) is 6.47. The lowest BCUT2D eigenvalue weighted by molar-refractivity contribution is 0.599. The maximum atomic E-state index is 13.5. The highest BCUT2D eigenvalue weighted by molar-refractivity contribution is 9.10. The average Bonchev–Trinajstić information content (AvgIpc) is 2.32. The predicted octanol–water partition coefficient (Wildman–Crippen LogP) is 3.55. The smallest absolute Gasteiger partial charge is 0.223 e. The van der Waals surface area contributed by atoms with Gasteiger partial charge in [-0.05, 0) is 28.9 Å². The summed E-state index contributed by atoms with van der Waals surface area (Å²) in [6.07, 6.45) is 3.28. The molecule has 1 N–H and O–H groups in total. The minimum atomic E-state index is -0.232. The van der Waals surface area contributed by atoms with Gasteiger partial charge in [-0.2, -0.15) is 0 Å². The van der Waals surface area contributed by atoms with Crippen LogP contribution in [0.5, 0.6) is 0 Å². The number of halogens is 2. The Balaban J connectivity index is 2.14. The van der Waals surface area contributed by atoms with Gasteiger partial charge in [0.2, 0.25) is 5.95 Å². The van der Waals surface area contributed by atoms with E-state index in [1.165, 1.54) is 6.07 Å². The zero-order valence-electron chi connectivity index (χ0n) is 9.19. The molecule has 17 heavy (non-hydrogen) atoms. The number of benzene rings is 1. The second-order valence-electron chi connectivity index (χ2n) is 3.61. The van der Waals surface area contributed by atoms with Crippen LogP contribution >= 0.6 is 15.9 Å². The van der Waals surface area contributed by atoms with Crippen molar-refractivity contribution in [2.75, 3.05) is 5.32 Å². The molecule has 0 saturated carbocycles. The van der Waals surface area contributed by atoms with E-state index in [9.17, 15) is 4.39 Å². The van der Waals surface area contributed by atoms with Gasteiger partial charge < -0.3 is 5.32 Å². The van der Waals surface area contributed by atoms with E-state index in [0.717, 1.165) is 4.47 Å². The molecule has 3 nitrogen and oxygen atoms in total. The first-order valence-electron chi connectivity index (χ1n) is 5.15. The molecule has 1 aromatic carbocycles. The van der Waals surface area contributed by atoms with Gasteiger partial charge in [0, 0.05) is 18.0 Å². The van der Waals surface area contributed by atoms with E-state index < -0.39 is 0 Å². The summed E-state index contributed by atoms with van der Waals surface area (Å²) in [5.74, 6) is 0.244. The van der Waals surface area contributed by atoms with Gasteiger partial charge in [-0.15, -0.1) is 0 Å². The molecule has 0 spiro atoms. The third-order valence-electron chi connectivity index (χ3n) is 2.34. The number of aromatic nitrogens is 2. The SMILES string of the molecule is CC(Nc1ncc(Br)cn1)c1ccccc1F. The van der Waals surface area contributed by atoms with E-state index in [2.05, 4.69) is 31.2 Å². The quantitative estimate of drug-likeness (QED) is 0.941. The van der Waals surface area contributed by atoms with Crippen molar-refractivity contribution in [2.24, 2.45) is 0 Å². The molecule has 88 valence electrons. The molecule has 0 fully saturated rings. The second kappa shape index (κ2) is 5.23. The topological polar surface area (TPSA) is 37.8 Å². The first kappa shape index (κ1) is 12.0. The van der Waals surface area contributed by atoms with Crippen molar-refractivity contribution in [2.45, 2.75) is 13.0 Å². The second-order valence-corrected chi connectivity index (χ2v) is 4.53. The molecule has 1 unspecified atom stereocenters. The van der Waals surface area contributed by atoms with Gasteiger partial charge >= 0.3 is 0 Å². The minimum absolute atomic E-state index is 0.183. The number of nitrogens with zero attached hydrogens (tertiary/aromatic N) is 2. The highest BCUT2D eigenvalue weighted by Gasteiger charge is 2.10. The van der Waals surface area contributed by atoms with Crippen molar-refractivity contribution in [1.82, 2.24) is 9.97 Å².